The lowest BCUT2D eigenvalue weighted by atomic mass is 9.76. The second-order valence-electron chi connectivity index (χ2n) is 9.06. The van der Waals surface area contributed by atoms with Gasteiger partial charge in [0.25, 0.3) is 5.91 Å². The Balaban J connectivity index is 1.77. The minimum Gasteiger partial charge on any atom is -0.387 e. The Hall–Kier alpha value is -2.58. The van der Waals surface area contributed by atoms with Crippen molar-refractivity contribution in [2.75, 3.05) is 0 Å². The van der Waals surface area contributed by atoms with Crippen LogP contribution in [0.3, 0.4) is 0 Å². The van der Waals surface area contributed by atoms with Gasteiger partial charge in [-0.2, -0.15) is 5.10 Å². The number of nitrogens with one attached hydrogen (secondary N) is 1. The van der Waals surface area contributed by atoms with Gasteiger partial charge in [0.2, 0.25) is 0 Å². The molecule has 1 atom stereocenters. The molecule has 0 radical (unpaired) electrons. The van der Waals surface area contributed by atoms with Crippen LogP contribution in [0.1, 0.15) is 73.2 Å². The summed E-state index contributed by atoms with van der Waals surface area (Å²) in [6.45, 7) is 5.72. The number of carbonyl (C=O) groups is 1. The Bertz CT molecular complexity index is 1190. The molecule has 1 fully saturated rings. The van der Waals surface area contributed by atoms with Crippen molar-refractivity contribution in [3.05, 3.63) is 58.1 Å². The third-order valence-electron chi connectivity index (χ3n) is 6.31. The van der Waals surface area contributed by atoms with E-state index in [9.17, 15) is 18.7 Å². The van der Waals surface area contributed by atoms with E-state index in [1.54, 1.807) is 29.9 Å². The molecule has 0 spiro atoms. The van der Waals surface area contributed by atoms with Gasteiger partial charge < -0.3 is 10.4 Å². The molecular formula is C24H27ClF2N4O2. The molecule has 1 unspecified atom stereocenters. The van der Waals surface area contributed by atoms with Crippen LogP contribution in [-0.2, 0) is 0 Å². The molecule has 0 bridgehead atoms. The largest absolute Gasteiger partial charge is 0.387 e. The van der Waals surface area contributed by atoms with Crippen LogP contribution in [0.25, 0.3) is 11.0 Å². The van der Waals surface area contributed by atoms with Crippen LogP contribution in [0.15, 0.2) is 30.5 Å². The lowest BCUT2D eigenvalue weighted by Crippen LogP contribution is -2.48. The van der Waals surface area contributed by atoms with Crippen molar-refractivity contribution in [1.29, 1.82) is 0 Å². The maximum Gasteiger partial charge on any atom is 0.252 e. The van der Waals surface area contributed by atoms with E-state index in [2.05, 4.69) is 15.4 Å². The molecule has 1 amide bonds. The van der Waals surface area contributed by atoms with E-state index in [-0.39, 0.29) is 42.3 Å². The van der Waals surface area contributed by atoms with Gasteiger partial charge in [0, 0.05) is 11.7 Å². The van der Waals surface area contributed by atoms with Crippen LogP contribution in [0.5, 0.6) is 0 Å². The number of rotatable bonds is 5. The van der Waals surface area contributed by atoms with E-state index in [0.29, 0.717) is 22.3 Å². The van der Waals surface area contributed by atoms with Gasteiger partial charge in [0.05, 0.1) is 33.8 Å². The molecule has 1 saturated carbocycles. The van der Waals surface area contributed by atoms with Crippen molar-refractivity contribution in [2.24, 2.45) is 0 Å². The highest BCUT2D eigenvalue weighted by atomic mass is 35.5. The number of aliphatic hydroxyl groups is 1. The topological polar surface area (TPSA) is 80.0 Å². The van der Waals surface area contributed by atoms with Crippen molar-refractivity contribution >= 4 is 28.5 Å². The Labute approximate surface area is 196 Å². The maximum absolute atomic E-state index is 14.3. The minimum absolute atomic E-state index is 0.0446. The van der Waals surface area contributed by atoms with Crippen molar-refractivity contribution in [1.82, 2.24) is 20.1 Å². The number of hydrogen-bond acceptors (Lipinski definition) is 4. The normalized spacial score (nSPS) is 22.0. The van der Waals surface area contributed by atoms with E-state index in [0.717, 1.165) is 0 Å². The van der Waals surface area contributed by atoms with Crippen LogP contribution < -0.4 is 5.32 Å². The number of aromatic nitrogens is 3. The van der Waals surface area contributed by atoms with E-state index in [1.165, 1.54) is 12.1 Å². The first-order valence-corrected chi connectivity index (χ1v) is 11.4. The summed E-state index contributed by atoms with van der Waals surface area (Å²) in [4.78, 5) is 18.1. The zero-order valence-corrected chi connectivity index (χ0v) is 19.5. The molecule has 0 saturated heterocycles. The van der Waals surface area contributed by atoms with Gasteiger partial charge in [-0.15, -0.1) is 0 Å². The number of carbonyl (C=O) groups excluding carboxylic acids is 1. The number of benzene rings is 1. The lowest BCUT2D eigenvalue weighted by Gasteiger charge is -2.41. The van der Waals surface area contributed by atoms with E-state index >= 15 is 0 Å². The average Bonchev–Trinajstić information content (AvgIpc) is 3.19. The number of alkyl halides is 1. The summed E-state index contributed by atoms with van der Waals surface area (Å²) in [5, 5.41) is 19.1. The Kier molecular flexibility index (Phi) is 6.42. The first kappa shape index (κ1) is 23.6. The molecule has 2 aromatic heterocycles. The van der Waals surface area contributed by atoms with E-state index in [1.807, 2.05) is 13.8 Å². The van der Waals surface area contributed by atoms with Crippen LogP contribution >= 0.6 is 11.6 Å². The Morgan fingerprint density at radius 1 is 1.33 bits per heavy atom. The highest BCUT2D eigenvalue weighted by molar-refractivity contribution is 6.31. The summed E-state index contributed by atoms with van der Waals surface area (Å²) in [5.41, 5.74) is 0.326. The highest BCUT2D eigenvalue weighted by Gasteiger charge is 2.43. The zero-order valence-electron chi connectivity index (χ0n) is 18.8. The molecule has 2 N–H and O–H groups in total. The molecule has 3 aromatic rings. The fourth-order valence-corrected chi connectivity index (χ4v) is 4.77. The molecular weight excluding hydrogens is 450 g/mol. The standard InChI is InChI=1S/C24H27ClF2N4O2/c1-13(2)31-22-18(12-28-31)17(11-14(3)29-22)23(32)30-21(16-5-4-6-19(27)20(16)25)24(33)9-7-15(26)8-10-24/h4-6,11-13,15,21,33H,7-10H2,1-3H3,(H,30,32). The summed E-state index contributed by atoms with van der Waals surface area (Å²) in [5.74, 6) is -1.13. The molecule has 9 heteroatoms. The number of pyridine rings is 1. The van der Waals surface area contributed by atoms with E-state index < -0.39 is 29.5 Å². The zero-order chi connectivity index (χ0) is 23.9. The summed E-state index contributed by atoms with van der Waals surface area (Å²) in [7, 11) is 0. The number of amides is 1. The fraction of sp³-hybridized carbons (Fsp3) is 0.458. The second-order valence-corrected chi connectivity index (χ2v) is 9.44. The number of halogens is 3. The van der Waals surface area contributed by atoms with Gasteiger partial charge >= 0.3 is 0 Å². The summed E-state index contributed by atoms with van der Waals surface area (Å²) < 4.78 is 29.9. The fourth-order valence-electron chi connectivity index (χ4n) is 4.53. The highest BCUT2D eigenvalue weighted by Crippen LogP contribution is 2.42. The molecule has 0 aliphatic heterocycles. The monoisotopic (exact) mass is 476 g/mol. The third kappa shape index (κ3) is 4.46. The predicted octanol–water partition coefficient (Wildman–Crippen LogP) is 5.23. The Morgan fingerprint density at radius 3 is 2.70 bits per heavy atom. The van der Waals surface area contributed by atoms with Gasteiger partial charge in [-0.05, 0) is 64.2 Å². The first-order valence-electron chi connectivity index (χ1n) is 11.1. The van der Waals surface area contributed by atoms with Crippen LogP contribution in [-0.4, -0.2) is 37.6 Å². The van der Waals surface area contributed by atoms with Crippen molar-refractivity contribution in [2.45, 2.75) is 70.3 Å². The molecule has 176 valence electrons. The lowest BCUT2D eigenvalue weighted by molar-refractivity contribution is -0.0445. The molecule has 4 rings (SSSR count). The predicted molar refractivity (Wildman–Crippen MR) is 123 cm³/mol. The van der Waals surface area contributed by atoms with Crippen LogP contribution in [0.2, 0.25) is 5.02 Å². The van der Waals surface area contributed by atoms with E-state index in [4.69, 9.17) is 11.6 Å². The number of hydrogen-bond donors (Lipinski definition) is 2. The Morgan fingerprint density at radius 2 is 2.03 bits per heavy atom. The molecule has 1 aromatic carbocycles. The summed E-state index contributed by atoms with van der Waals surface area (Å²) in [6, 6.07) is 4.93. The molecule has 2 heterocycles. The van der Waals surface area contributed by atoms with Crippen molar-refractivity contribution in [3.63, 3.8) is 0 Å². The minimum atomic E-state index is -1.47. The van der Waals surface area contributed by atoms with Gasteiger partial charge in [0.15, 0.2) is 5.65 Å². The average molecular weight is 477 g/mol. The van der Waals surface area contributed by atoms with Crippen molar-refractivity contribution < 1.29 is 18.7 Å². The number of nitrogens with zero attached hydrogens (tertiary/aromatic N) is 3. The number of fused-ring (bicyclic) bond motifs is 1. The molecule has 6 nitrogen and oxygen atoms in total. The smallest absolute Gasteiger partial charge is 0.252 e. The third-order valence-corrected chi connectivity index (χ3v) is 6.71. The SMILES string of the molecule is Cc1cc(C(=O)NC(c2cccc(F)c2Cl)C2(O)CCC(F)CC2)c2cnn(C(C)C)c2n1. The van der Waals surface area contributed by atoms with Gasteiger partial charge in [-0.1, -0.05) is 23.7 Å². The van der Waals surface area contributed by atoms with Gasteiger partial charge in [0.1, 0.15) is 12.0 Å². The summed E-state index contributed by atoms with van der Waals surface area (Å²) >= 11 is 6.25. The van der Waals surface area contributed by atoms with Gasteiger partial charge in [-0.3, -0.25) is 4.79 Å². The maximum atomic E-state index is 14.3. The molecule has 1 aliphatic carbocycles. The van der Waals surface area contributed by atoms with Gasteiger partial charge in [-0.25, -0.2) is 18.4 Å². The summed E-state index contributed by atoms with van der Waals surface area (Å²) in [6.07, 6.45) is 1.09. The quantitative estimate of drug-likeness (QED) is 0.528. The molecule has 1 aliphatic rings. The molecule has 33 heavy (non-hydrogen) atoms. The first-order chi connectivity index (χ1) is 15.6. The van der Waals surface area contributed by atoms with Crippen molar-refractivity contribution in [3.8, 4) is 0 Å². The van der Waals surface area contributed by atoms with Crippen LogP contribution in [0, 0.1) is 12.7 Å². The number of aryl methyl sites for hydroxylation is 1. The second kappa shape index (κ2) is 8.99. The van der Waals surface area contributed by atoms with Crippen LogP contribution in [0.4, 0.5) is 8.78 Å².